The van der Waals surface area contributed by atoms with Crippen molar-refractivity contribution >= 4 is 17.5 Å². The normalized spacial score (nSPS) is 19.7. The molecule has 5 heteroatoms. The van der Waals surface area contributed by atoms with Crippen molar-refractivity contribution in [3.8, 4) is 0 Å². The minimum absolute atomic E-state index is 0.0341. The van der Waals surface area contributed by atoms with Gasteiger partial charge in [0.05, 0.1) is 5.92 Å². The molecule has 2 fully saturated rings. The Morgan fingerprint density at radius 1 is 1.15 bits per heavy atom. The standard InChI is InChI=1S/C21H23N3O2/c1-15-2-4-18(5-3-15)23-14-17(12-20(23)25)21(26)24(19-6-7-19)13-16-8-10-22-11-9-16/h2-5,8-11,17,19H,6-7,12-14H2,1H3. The Morgan fingerprint density at radius 3 is 2.50 bits per heavy atom. The van der Waals surface area contributed by atoms with Gasteiger partial charge < -0.3 is 9.80 Å². The molecule has 134 valence electrons. The highest BCUT2D eigenvalue weighted by molar-refractivity contribution is 6.00. The van der Waals surface area contributed by atoms with E-state index in [0.717, 1.165) is 29.7 Å². The van der Waals surface area contributed by atoms with E-state index in [2.05, 4.69) is 4.98 Å². The van der Waals surface area contributed by atoms with Gasteiger partial charge in [-0.15, -0.1) is 0 Å². The number of benzene rings is 1. The van der Waals surface area contributed by atoms with Crippen LogP contribution in [0.3, 0.4) is 0 Å². The van der Waals surface area contributed by atoms with E-state index in [1.165, 1.54) is 0 Å². The maximum absolute atomic E-state index is 13.1. The largest absolute Gasteiger partial charge is 0.335 e. The van der Waals surface area contributed by atoms with Crippen molar-refractivity contribution in [2.75, 3.05) is 11.4 Å². The number of anilines is 1. The first-order valence-electron chi connectivity index (χ1n) is 9.18. The summed E-state index contributed by atoms with van der Waals surface area (Å²) >= 11 is 0. The Hall–Kier alpha value is -2.69. The van der Waals surface area contributed by atoms with Gasteiger partial charge in [-0.2, -0.15) is 0 Å². The molecule has 1 unspecified atom stereocenters. The number of aryl methyl sites for hydroxylation is 1. The van der Waals surface area contributed by atoms with Gasteiger partial charge in [-0.1, -0.05) is 17.7 Å². The number of rotatable bonds is 5. The van der Waals surface area contributed by atoms with Crippen LogP contribution in [0.4, 0.5) is 5.69 Å². The average molecular weight is 349 g/mol. The van der Waals surface area contributed by atoms with Crippen molar-refractivity contribution in [1.29, 1.82) is 0 Å². The molecule has 2 amide bonds. The number of amides is 2. The summed E-state index contributed by atoms with van der Waals surface area (Å²) < 4.78 is 0. The quantitative estimate of drug-likeness (QED) is 0.834. The Kier molecular flexibility index (Phi) is 4.45. The number of aromatic nitrogens is 1. The first kappa shape index (κ1) is 16.8. The maximum Gasteiger partial charge on any atom is 0.228 e. The van der Waals surface area contributed by atoms with Crippen molar-refractivity contribution in [2.45, 2.75) is 38.8 Å². The van der Waals surface area contributed by atoms with Crippen LogP contribution in [0.25, 0.3) is 0 Å². The van der Waals surface area contributed by atoms with Gasteiger partial charge in [-0.25, -0.2) is 0 Å². The highest BCUT2D eigenvalue weighted by Crippen LogP contribution is 2.33. The summed E-state index contributed by atoms with van der Waals surface area (Å²) in [5.74, 6) is -0.120. The molecule has 4 rings (SSSR count). The van der Waals surface area contributed by atoms with Gasteiger partial charge in [0.1, 0.15) is 0 Å². The molecule has 5 nitrogen and oxygen atoms in total. The van der Waals surface area contributed by atoms with Crippen LogP contribution >= 0.6 is 0 Å². The molecule has 1 atom stereocenters. The molecule has 1 aromatic carbocycles. The van der Waals surface area contributed by atoms with Gasteiger partial charge in [0.2, 0.25) is 11.8 Å². The van der Waals surface area contributed by atoms with E-state index >= 15 is 0 Å². The van der Waals surface area contributed by atoms with Crippen molar-refractivity contribution in [3.63, 3.8) is 0 Å². The van der Waals surface area contributed by atoms with E-state index < -0.39 is 0 Å². The van der Waals surface area contributed by atoms with Gasteiger partial charge >= 0.3 is 0 Å². The molecule has 1 aliphatic heterocycles. The molecule has 0 spiro atoms. The SMILES string of the molecule is Cc1ccc(N2CC(C(=O)N(Cc3ccncc3)C3CC3)CC2=O)cc1. The van der Waals surface area contributed by atoms with Crippen molar-refractivity contribution in [2.24, 2.45) is 5.92 Å². The molecule has 1 saturated heterocycles. The van der Waals surface area contributed by atoms with Crippen LogP contribution in [0.1, 0.15) is 30.4 Å². The summed E-state index contributed by atoms with van der Waals surface area (Å²) in [6.07, 6.45) is 5.91. The van der Waals surface area contributed by atoms with Crippen LogP contribution in [0, 0.1) is 12.8 Å². The lowest BCUT2D eigenvalue weighted by atomic mass is 10.1. The molecule has 2 aromatic rings. The fourth-order valence-corrected chi connectivity index (χ4v) is 3.54. The molecule has 26 heavy (non-hydrogen) atoms. The molecule has 0 radical (unpaired) electrons. The van der Waals surface area contributed by atoms with E-state index in [4.69, 9.17) is 0 Å². The summed E-state index contributed by atoms with van der Waals surface area (Å²) in [6, 6.07) is 12.1. The Morgan fingerprint density at radius 2 is 1.85 bits per heavy atom. The third-order valence-electron chi connectivity index (χ3n) is 5.19. The van der Waals surface area contributed by atoms with E-state index in [0.29, 0.717) is 25.6 Å². The predicted molar refractivity (Wildman–Crippen MR) is 99.4 cm³/mol. The lowest BCUT2D eigenvalue weighted by Gasteiger charge is -2.25. The van der Waals surface area contributed by atoms with E-state index in [-0.39, 0.29) is 17.7 Å². The minimum Gasteiger partial charge on any atom is -0.335 e. The summed E-state index contributed by atoms with van der Waals surface area (Å²) in [7, 11) is 0. The maximum atomic E-state index is 13.1. The number of pyridine rings is 1. The topological polar surface area (TPSA) is 53.5 Å². The van der Waals surface area contributed by atoms with Crippen molar-refractivity contribution in [3.05, 3.63) is 59.9 Å². The van der Waals surface area contributed by atoms with Gasteiger partial charge in [0.15, 0.2) is 0 Å². The smallest absolute Gasteiger partial charge is 0.228 e. The van der Waals surface area contributed by atoms with Crippen LogP contribution in [0.15, 0.2) is 48.8 Å². The summed E-state index contributed by atoms with van der Waals surface area (Å²) in [5.41, 5.74) is 3.12. The lowest BCUT2D eigenvalue weighted by Crippen LogP contribution is -2.38. The Balaban J connectivity index is 1.48. The van der Waals surface area contributed by atoms with Gasteiger partial charge in [0.25, 0.3) is 0 Å². The molecule has 1 aromatic heterocycles. The second kappa shape index (κ2) is 6.90. The predicted octanol–water partition coefficient (Wildman–Crippen LogP) is 2.93. The van der Waals surface area contributed by atoms with Crippen molar-refractivity contribution in [1.82, 2.24) is 9.88 Å². The second-order valence-corrected chi connectivity index (χ2v) is 7.29. The molecular formula is C21H23N3O2. The van der Waals surface area contributed by atoms with Crippen LogP contribution < -0.4 is 4.90 Å². The average Bonchev–Trinajstić information content (AvgIpc) is 3.42. The number of carbonyl (C=O) groups is 2. The molecular weight excluding hydrogens is 326 g/mol. The first-order valence-corrected chi connectivity index (χ1v) is 9.18. The van der Waals surface area contributed by atoms with Crippen LogP contribution in [0.5, 0.6) is 0 Å². The van der Waals surface area contributed by atoms with Gasteiger partial charge in [0, 0.05) is 43.6 Å². The molecule has 2 heterocycles. The fourth-order valence-electron chi connectivity index (χ4n) is 3.54. The third-order valence-corrected chi connectivity index (χ3v) is 5.19. The lowest BCUT2D eigenvalue weighted by molar-refractivity contribution is -0.137. The number of nitrogens with zero attached hydrogens (tertiary/aromatic N) is 3. The van der Waals surface area contributed by atoms with Crippen LogP contribution in [0.2, 0.25) is 0 Å². The summed E-state index contributed by atoms with van der Waals surface area (Å²) in [4.78, 5) is 33.4. The van der Waals surface area contributed by atoms with Crippen LogP contribution in [-0.2, 0) is 16.1 Å². The zero-order chi connectivity index (χ0) is 18.1. The molecule has 0 N–H and O–H groups in total. The Labute approximate surface area is 153 Å². The zero-order valence-electron chi connectivity index (χ0n) is 15.0. The van der Waals surface area contributed by atoms with E-state index in [1.54, 1.807) is 17.3 Å². The van der Waals surface area contributed by atoms with Crippen LogP contribution in [-0.4, -0.2) is 34.3 Å². The molecule has 1 saturated carbocycles. The highest BCUT2D eigenvalue weighted by Gasteiger charge is 2.41. The Bertz CT molecular complexity index is 800. The second-order valence-electron chi connectivity index (χ2n) is 7.29. The third kappa shape index (κ3) is 3.47. The first-order chi connectivity index (χ1) is 12.6. The van der Waals surface area contributed by atoms with E-state index in [1.807, 2.05) is 48.2 Å². The number of hydrogen-bond donors (Lipinski definition) is 0. The molecule has 1 aliphatic carbocycles. The summed E-state index contributed by atoms with van der Waals surface area (Å²) in [6.45, 7) is 3.09. The summed E-state index contributed by atoms with van der Waals surface area (Å²) in [5, 5.41) is 0. The van der Waals surface area contributed by atoms with Gasteiger partial charge in [-0.05, 0) is 49.6 Å². The highest BCUT2D eigenvalue weighted by atomic mass is 16.2. The number of carbonyl (C=O) groups excluding carboxylic acids is 2. The van der Waals surface area contributed by atoms with Gasteiger partial charge in [-0.3, -0.25) is 14.6 Å². The number of hydrogen-bond acceptors (Lipinski definition) is 3. The van der Waals surface area contributed by atoms with Crippen molar-refractivity contribution < 1.29 is 9.59 Å². The fraction of sp³-hybridized carbons (Fsp3) is 0.381. The zero-order valence-corrected chi connectivity index (χ0v) is 15.0. The monoisotopic (exact) mass is 349 g/mol. The molecule has 2 aliphatic rings. The minimum atomic E-state index is -0.258. The van der Waals surface area contributed by atoms with E-state index in [9.17, 15) is 9.59 Å². The molecule has 0 bridgehead atoms.